The van der Waals surface area contributed by atoms with E-state index in [0.29, 0.717) is 18.9 Å². The molecule has 1 amide bonds. The maximum atomic E-state index is 14.1. The largest absolute Gasteiger partial charge is 0.465 e. The highest BCUT2D eigenvalue weighted by atomic mass is 19.1. The fraction of sp³-hybridized carbons (Fsp3) is 0.385. The number of ether oxygens (including phenoxy) is 1. The number of amides is 1. The molecule has 1 N–H and O–H groups in total. The SMILES string of the molecule is CCOC(=O)Cn1c2c(c3cc(F)ccc31)C[C@@H](NC(=O)[C@@H]1C[C@H]1c1ccccc1)CC2. The van der Waals surface area contributed by atoms with Crippen molar-refractivity contribution in [3.05, 3.63) is 71.2 Å². The minimum atomic E-state index is -0.302. The molecule has 2 aromatic carbocycles. The molecule has 0 spiro atoms. The van der Waals surface area contributed by atoms with Gasteiger partial charge in [-0.2, -0.15) is 0 Å². The van der Waals surface area contributed by atoms with Crippen LogP contribution in [0.4, 0.5) is 4.39 Å². The van der Waals surface area contributed by atoms with Gasteiger partial charge < -0.3 is 14.6 Å². The van der Waals surface area contributed by atoms with Crippen molar-refractivity contribution in [2.24, 2.45) is 5.92 Å². The zero-order valence-corrected chi connectivity index (χ0v) is 18.1. The Bertz CT molecular complexity index is 1170. The Labute approximate surface area is 186 Å². The molecular weight excluding hydrogens is 407 g/mol. The normalized spacial score (nSPS) is 21.8. The van der Waals surface area contributed by atoms with Gasteiger partial charge in [-0.3, -0.25) is 9.59 Å². The minimum Gasteiger partial charge on any atom is -0.465 e. The van der Waals surface area contributed by atoms with Crippen molar-refractivity contribution in [1.29, 1.82) is 0 Å². The Morgan fingerprint density at radius 1 is 1.19 bits per heavy atom. The van der Waals surface area contributed by atoms with Gasteiger partial charge in [0.05, 0.1) is 6.61 Å². The summed E-state index contributed by atoms with van der Waals surface area (Å²) >= 11 is 0. The summed E-state index contributed by atoms with van der Waals surface area (Å²) in [5.74, 6) is -0.165. The third kappa shape index (κ3) is 3.90. The van der Waals surface area contributed by atoms with Crippen LogP contribution in [0.15, 0.2) is 48.5 Å². The van der Waals surface area contributed by atoms with Crippen LogP contribution in [0.1, 0.15) is 42.5 Å². The van der Waals surface area contributed by atoms with Crippen molar-refractivity contribution in [2.45, 2.75) is 51.1 Å². The second-order valence-electron chi connectivity index (χ2n) is 8.79. The molecule has 5 nitrogen and oxygen atoms in total. The molecule has 1 heterocycles. The van der Waals surface area contributed by atoms with E-state index >= 15 is 0 Å². The molecule has 0 unspecified atom stereocenters. The van der Waals surface area contributed by atoms with E-state index in [9.17, 15) is 14.0 Å². The first-order valence-corrected chi connectivity index (χ1v) is 11.4. The van der Waals surface area contributed by atoms with Crippen molar-refractivity contribution in [3.63, 3.8) is 0 Å². The molecule has 0 aliphatic heterocycles. The lowest BCUT2D eigenvalue weighted by atomic mass is 9.91. The third-order valence-electron chi connectivity index (χ3n) is 6.72. The van der Waals surface area contributed by atoms with Gasteiger partial charge in [-0.15, -0.1) is 0 Å². The van der Waals surface area contributed by atoms with Gasteiger partial charge in [0.25, 0.3) is 0 Å². The van der Waals surface area contributed by atoms with E-state index in [1.807, 2.05) is 22.8 Å². The van der Waals surface area contributed by atoms with Gasteiger partial charge in [-0.1, -0.05) is 30.3 Å². The summed E-state index contributed by atoms with van der Waals surface area (Å²) in [6, 6.07) is 14.9. The predicted molar refractivity (Wildman–Crippen MR) is 120 cm³/mol. The first-order chi connectivity index (χ1) is 15.5. The number of esters is 1. The summed E-state index contributed by atoms with van der Waals surface area (Å²) in [6.07, 6.45) is 3.04. The Morgan fingerprint density at radius 2 is 2.00 bits per heavy atom. The molecule has 1 saturated carbocycles. The molecular formula is C26H27FN2O3. The number of hydrogen-bond donors (Lipinski definition) is 1. The van der Waals surface area contributed by atoms with Crippen molar-refractivity contribution < 1.29 is 18.7 Å². The fourth-order valence-corrected chi connectivity index (χ4v) is 5.12. The summed E-state index contributed by atoms with van der Waals surface area (Å²) in [5.41, 5.74) is 4.12. The van der Waals surface area contributed by atoms with Gasteiger partial charge in [0.15, 0.2) is 0 Å². The minimum absolute atomic E-state index is 0.0111. The molecule has 1 aromatic heterocycles. The topological polar surface area (TPSA) is 60.3 Å². The average molecular weight is 435 g/mol. The van der Waals surface area contributed by atoms with Crippen LogP contribution in [0.3, 0.4) is 0 Å². The monoisotopic (exact) mass is 434 g/mol. The highest BCUT2D eigenvalue weighted by Crippen LogP contribution is 2.47. The first kappa shape index (κ1) is 20.7. The zero-order chi connectivity index (χ0) is 22.2. The van der Waals surface area contributed by atoms with Crippen LogP contribution in [0.2, 0.25) is 0 Å². The van der Waals surface area contributed by atoms with Crippen molar-refractivity contribution >= 4 is 22.8 Å². The summed E-state index contributed by atoms with van der Waals surface area (Å²) in [6.45, 7) is 2.23. The van der Waals surface area contributed by atoms with Crippen LogP contribution in [-0.4, -0.2) is 29.1 Å². The molecule has 6 heteroatoms. The highest BCUT2D eigenvalue weighted by molar-refractivity contribution is 5.88. The maximum absolute atomic E-state index is 14.1. The smallest absolute Gasteiger partial charge is 0.325 e. The summed E-state index contributed by atoms with van der Waals surface area (Å²) < 4.78 is 21.1. The molecule has 5 rings (SSSR count). The van der Waals surface area contributed by atoms with Gasteiger partial charge in [0, 0.05) is 28.6 Å². The lowest BCUT2D eigenvalue weighted by Gasteiger charge is -2.25. The van der Waals surface area contributed by atoms with E-state index in [0.717, 1.165) is 41.4 Å². The van der Waals surface area contributed by atoms with Crippen LogP contribution >= 0.6 is 0 Å². The number of nitrogens with one attached hydrogen (secondary N) is 1. The Kier molecular flexibility index (Phi) is 5.45. The molecule has 2 aliphatic rings. The lowest BCUT2D eigenvalue weighted by Crippen LogP contribution is -2.40. The number of benzene rings is 2. The van der Waals surface area contributed by atoms with E-state index in [4.69, 9.17) is 4.74 Å². The molecule has 166 valence electrons. The Balaban J connectivity index is 1.34. The first-order valence-electron chi connectivity index (χ1n) is 11.4. The van der Waals surface area contributed by atoms with E-state index < -0.39 is 0 Å². The van der Waals surface area contributed by atoms with E-state index in [-0.39, 0.29) is 36.2 Å². The fourth-order valence-electron chi connectivity index (χ4n) is 5.12. The van der Waals surface area contributed by atoms with Crippen LogP contribution < -0.4 is 5.32 Å². The van der Waals surface area contributed by atoms with Crippen molar-refractivity contribution in [3.8, 4) is 0 Å². The molecule has 0 radical (unpaired) electrons. The Hall–Kier alpha value is -3.15. The molecule has 3 aromatic rings. The van der Waals surface area contributed by atoms with Crippen LogP contribution in [-0.2, 0) is 33.7 Å². The lowest BCUT2D eigenvalue weighted by molar-refractivity contribution is -0.143. The summed E-state index contributed by atoms with van der Waals surface area (Å²) in [5, 5.41) is 4.05. The summed E-state index contributed by atoms with van der Waals surface area (Å²) in [4.78, 5) is 25.0. The number of carbonyl (C=O) groups excluding carboxylic acids is 2. The van der Waals surface area contributed by atoms with Gasteiger partial charge >= 0.3 is 5.97 Å². The average Bonchev–Trinajstić information content (AvgIpc) is 3.55. The number of hydrogen-bond acceptors (Lipinski definition) is 3. The number of rotatable bonds is 6. The highest BCUT2D eigenvalue weighted by Gasteiger charge is 2.44. The molecule has 2 aliphatic carbocycles. The standard InChI is InChI=1S/C26H27FN2O3/c1-2-32-25(30)15-29-23-10-8-17(27)12-20(23)21-13-18(9-11-24(21)29)28-26(31)22-14-19(22)16-6-4-3-5-7-16/h3-8,10,12,18-19,22H,2,9,11,13-15H2,1H3,(H,28,31)/t18-,19-,22+/m0/s1. The van der Waals surface area contributed by atoms with E-state index in [2.05, 4.69) is 17.4 Å². The van der Waals surface area contributed by atoms with Crippen LogP contribution in [0.5, 0.6) is 0 Å². The van der Waals surface area contributed by atoms with Gasteiger partial charge in [0.2, 0.25) is 5.91 Å². The molecule has 3 atom stereocenters. The Morgan fingerprint density at radius 3 is 2.78 bits per heavy atom. The third-order valence-corrected chi connectivity index (χ3v) is 6.72. The summed E-state index contributed by atoms with van der Waals surface area (Å²) in [7, 11) is 0. The van der Waals surface area contributed by atoms with Crippen LogP contribution in [0.25, 0.3) is 10.9 Å². The van der Waals surface area contributed by atoms with Crippen molar-refractivity contribution in [1.82, 2.24) is 9.88 Å². The number of carbonyl (C=O) groups is 2. The molecule has 32 heavy (non-hydrogen) atoms. The number of fused-ring (bicyclic) bond motifs is 3. The molecule has 1 fully saturated rings. The number of aromatic nitrogens is 1. The van der Waals surface area contributed by atoms with Gasteiger partial charge in [0.1, 0.15) is 12.4 Å². The zero-order valence-electron chi connectivity index (χ0n) is 18.1. The number of nitrogens with zero attached hydrogens (tertiary/aromatic N) is 1. The van der Waals surface area contributed by atoms with E-state index in [1.165, 1.54) is 17.7 Å². The predicted octanol–water partition coefficient (Wildman–Crippen LogP) is 4.12. The molecule has 0 bridgehead atoms. The quantitative estimate of drug-likeness (QED) is 0.594. The van der Waals surface area contributed by atoms with Gasteiger partial charge in [-0.25, -0.2) is 4.39 Å². The number of halogens is 1. The second-order valence-corrected chi connectivity index (χ2v) is 8.79. The molecule has 0 saturated heterocycles. The van der Waals surface area contributed by atoms with Crippen molar-refractivity contribution in [2.75, 3.05) is 6.61 Å². The maximum Gasteiger partial charge on any atom is 0.325 e. The van der Waals surface area contributed by atoms with E-state index in [1.54, 1.807) is 13.0 Å². The van der Waals surface area contributed by atoms with Crippen LogP contribution in [0, 0.1) is 11.7 Å². The second kappa shape index (κ2) is 8.41. The van der Waals surface area contributed by atoms with Gasteiger partial charge in [-0.05, 0) is 67.9 Å².